The van der Waals surface area contributed by atoms with Crippen LogP contribution in [0.2, 0.25) is 0 Å². The molecule has 1 heterocycles. The van der Waals surface area contributed by atoms with Crippen LogP contribution >= 0.6 is 0 Å². The van der Waals surface area contributed by atoms with Crippen molar-refractivity contribution in [3.05, 3.63) is 47.3 Å². The molecule has 2 rings (SSSR count). The van der Waals surface area contributed by atoms with Gasteiger partial charge in [-0.05, 0) is 49.8 Å². The predicted molar refractivity (Wildman–Crippen MR) is 116 cm³/mol. The summed E-state index contributed by atoms with van der Waals surface area (Å²) in [5.74, 6) is 2.39. The summed E-state index contributed by atoms with van der Waals surface area (Å²) in [4.78, 5) is 4.75. The highest BCUT2D eigenvalue weighted by Crippen LogP contribution is 2.22. The SMILES string of the molecule is CCNC(=NCc1ccc(C)cc1OCCC(C)C)NCCc1cnn(C)c1. The second-order valence-corrected chi connectivity index (χ2v) is 7.54. The van der Waals surface area contributed by atoms with E-state index in [4.69, 9.17) is 9.73 Å². The lowest BCUT2D eigenvalue weighted by molar-refractivity contribution is 0.287. The Morgan fingerprint density at radius 3 is 2.79 bits per heavy atom. The number of aryl methyl sites for hydroxylation is 2. The number of rotatable bonds is 10. The molecule has 0 saturated heterocycles. The molecule has 2 N–H and O–H groups in total. The van der Waals surface area contributed by atoms with Crippen molar-refractivity contribution in [3.63, 3.8) is 0 Å². The van der Waals surface area contributed by atoms with Gasteiger partial charge in [0.2, 0.25) is 0 Å². The number of guanidine groups is 1. The van der Waals surface area contributed by atoms with Crippen LogP contribution in [0.15, 0.2) is 35.6 Å². The lowest BCUT2D eigenvalue weighted by Crippen LogP contribution is -2.38. The van der Waals surface area contributed by atoms with E-state index in [0.29, 0.717) is 12.5 Å². The molecule has 0 saturated carbocycles. The molecule has 0 amide bonds. The van der Waals surface area contributed by atoms with Gasteiger partial charge in [0.05, 0.1) is 19.3 Å². The van der Waals surface area contributed by atoms with Gasteiger partial charge < -0.3 is 15.4 Å². The highest BCUT2D eigenvalue weighted by atomic mass is 16.5. The fraction of sp³-hybridized carbons (Fsp3) is 0.545. The molecule has 0 aliphatic heterocycles. The van der Waals surface area contributed by atoms with E-state index >= 15 is 0 Å². The fourth-order valence-electron chi connectivity index (χ4n) is 2.76. The molecule has 0 bridgehead atoms. The second-order valence-electron chi connectivity index (χ2n) is 7.54. The van der Waals surface area contributed by atoms with Crippen LogP contribution in [0, 0.1) is 12.8 Å². The lowest BCUT2D eigenvalue weighted by Gasteiger charge is -2.14. The van der Waals surface area contributed by atoms with E-state index in [1.807, 2.05) is 24.1 Å². The van der Waals surface area contributed by atoms with E-state index in [0.717, 1.165) is 49.8 Å². The number of aromatic nitrogens is 2. The van der Waals surface area contributed by atoms with Gasteiger partial charge in [-0.25, -0.2) is 4.99 Å². The Morgan fingerprint density at radius 1 is 1.29 bits per heavy atom. The van der Waals surface area contributed by atoms with Gasteiger partial charge in [0, 0.05) is 31.9 Å². The Kier molecular flexibility index (Phi) is 8.85. The van der Waals surface area contributed by atoms with Gasteiger partial charge >= 0.3 is 0 Å². The van der Waals surface area contributed by atoms with Crippen LogP contribution in [0.25, 0.3) is 0 Å². The third kappa shape index (κ3) is 7.62. The number of nitrogens with zero attached hydrogens (tertiary/aromatic N) is 3. The Labute approximate surface area is 169 Å². The van der Waals surface area contributed by atoms with Crippen LogP contribution in [-0.2, 0) is 20.0 Å². The van der Waals surface area contributed by atoms with Crippen LogP contribution in [0.1, 0.15) is 43.9 Å². The van der Waals surface area contributed by atoms with Gasteiger partial charge in [-0.2, -0.15) is 5.10 Å². The number of aliphatic imine (C=N–C) groups is 1. The average molecular weight is 386 g/mol. The van der Waals surface area contributed by atoms with Crippen molar-refractivity contribution in [2.75, 3.05) is 19.7 Å². The molecule has 6 heteroatoms. The molecule has 0 unspecified atom stereocenters. The first-order valence-electron chi connectivity index (χ1n) is 10.2. The predicted octanol–water partition coefficient (Wildman–Crippen LogP) is 3.45. The van der Waals surface area contributed by atoms with Gasteiger partial charge in [-0.1, -0.05) is 26.0 Å². The molecule has 0 radical (unpaired) electrons. The van der Waals surface area contributed by atoms with Gasteiger partial charge in [-0.15, -0.1) is 0 Å². The molecule has 6 nitrogen and oxygen atoms in total. The fourth-order valence-corrected chi connectivity index (χ4v) is 2.76. The highest BCUT2D eigenvalue weighted by Gasteiger charge is 2.06. The topological polar surface area (TPSA) is 63.5 Å². The van der Waals surface area contributed by atoms with Crippen molar-refractivity contribution in [2.45, 2.75) is 47.1 Å². The zero-order valence-corrected chi connectivity index (χ0v) is 18.0. The summed E-state index contributed by atoms with van der Waals surface area (Å²) in [6, 6.07) is 6.33. The summed E-state index contributed by atoms with van der Waals surface area (Å²) < 4.78 is 7.87. The first-order valence-corrected chi connectivity index (χ1v) is 10.2. The van der Waals surface area contributed by atoms with Gasteiger partial charge in [0.25, 0.3) is 0 Å². The Bertz CT molecular complexity index is 751. The minimum Gasteiger partial charge on any atom is -0.493 e. The van der Waals surface area contributed by atoms with E-state index in [1.165, 1.54) is 11.1 Å². The maximum Gasteiger partial charge on any atom is 0.191 e. The molecule has 154 valence electrons. The maximum absolute atomic E-state index is 6.04. The molecule has 0 spiro atoms. The van der Waals surface area contributed by atoms with Gasteiger partial charge in [0.1, 0.15) is 5.75 Å². The number of hydrogen-bond donors (Lipinski definition) is 2. The summed E-state index contributed by atoms with van der Waals surface area (Å²) in [6.45, 7) is 11.5. The summed E-state index contributed by atoms with van der Waals surface area (Å²) in [5.41, 5.74) is 3.53. The summed E-state index contributed by atoms with van der Waals surface area (Å²) >= 11 is 0. The van der Waals surface area contributed by atoms with Crippen LogP contribution < -0.4 is 15.4 Å². The van der Waals surface area contributed by atoms with E-state index in [1.54, 1.807) is 0 Å². The maximum atomic E-state index is 6.04. The number of benzene rings is 1. The van der Waals surface area contributed by atoms with Crippen LogP contribution in [0.3, 0.4) is 0 Å². The quantitative estimate of drug-likeness (QED) is 0.486. The minimum atomic E-state index is 0.583. The second kappa shape index (κ2) is 11.4. The Morgan fingerprint density at radius 2 is 2.11 bits per heavy atom. The van der Waals surface area contributed by atoms with Crippen LogP contribution in [-0.4, -0.2) is 35.4 Å². The molecular formula is C22H35N5O. The van der Waals surface area contributed by atoms with Gasteiger partial charge in [0.15, 0.2) is 5.96 Å². The van der Waals surface area contributed by atoms with Crippen molar-refractivity contribution < 1.29 is 4.74 Å². The summed E-state index contributed by atoms with van der Waals surface area (Å²) in [7, 11) is 1.94. The van der Waals surface area contributed by atoms with Crippen molar-refractivity contribution in [2.24, 2.45) is 18.0 Å². The number of nitrogens with one attached hydrogen (secondary N) is 2. The van der Waals surface area contributed by atoms with Crippen molar-refractivity contribution in [1.82, 2.24) is 20.4 Å². The van der Waals surface area contributed by atoms with E-state index < -0.39 is 0 Å². The molecule has 0 atom stereocenters. The Hall–Kier alpha value is -2.50. The van der Waals surface area contributed by atoms with Crippen LogP contribution in [0.4, 0.5) is 0 Å². The number of hydrogen-bond acceptors (Lipinski definition) is 3. The van der Waals surface area contributed by atoms with E-state index in [-0.39, 0.29) is 0 Å². The smallest absolute Gasteiger partial charge is 0.191 e. The zero-order valence-electron chi connectivity index (χ0n) is 18.0. The first kappa shape index (κ1) is 21.8. The van der Waals surface area contributed by atoms with Crippen molar-refractivity contribution >= 4 is 5.96 Å². The minimum absolute atomic E-state index is 0.583. The largest absolute Gasteiger partial charge is 0.493 e. The summed E-state index contributed by atoms with van der Waals surface area (Å²) in [6.07, 6.45) is 5.90. The summed E-state index contributed by atoms with van der Waals surface area (Å²) in [5, 5.41) is 10.9. The van der Waals surface area contributed by atoms with Crippen LogP contribution in [0.5, 0.6) is 5.75 Å². The lowest BCUT2D eigenvalue weighted by atomic mass is 10.1. The van der Waals surface area contributed by atoms with Crippen molar-refractivity contribution in [3.8, 4) is 5.75 Å². The molecule has 2 aromatic rings. The first-order chi connectivity index (χ1) is 13.5. The normalized spacial score (nSPS) is 11.7. The molecule has 0 aliphatic rings. The zero-order chi connectivity index (χ0) is 20.4. The highest BCUT2D eigenvalue weighted by molar-refractivity contribution is 5.79. The molecule has 0 aliphatic carbocycles. The number of ether oxygens (including phenoxy) is 1. The van der Waals surface area contributed by atoms with Crippen molar-refractivity contribution in [1.29, 1.82) is 0 Å². The third-order valence-corrected chi connectivity index (χ3v) is 4.39. The molecule has 0 fully saturated rings. The average Bonchev–Trinajstić information content (AvgIpc) is 3.05. The third-order valence-electron chi connectivity index (χ3n) is 4.39. The molecular weight excluding hydrogens is 350 g/mol. The monoisotopic (exact) mass is 385 g/mol. The van der Waals surface area contributed by atoms with E-state index in [9.17, 15) is 0 Å². The van der Waals surface area contributed by atoms with Gasteiger partial charge in [-0.3, -0.25) is 4.68 Å². The molecule has 1 aromatic carbocycles. The molecule has 1 aromatic heterocycles. The Balaban J connectivity index is 1.96. The van der Waals surface area contributed by atoms with E-state index in [2.05, 4.69) is 61.6 Å². The molecule has 28 heavy (non-hydrogen) atoms. The standard InChI is InChI=1S/C22H35N5O/c1-6-23-22(24-11-9-19-14-26-27(5)16-19)25-15-20-8-7-18(4)13-21(20)28-12-10-17(2)3/h7-8,13-14,16-17H,6,9-12,15H2,1-5H3,(H2,23,24,25).